The Bertz CT molecular complexity index is 238. The van der Waals surface area contributed by atoms with Gasteiger partial charge >= 0.3 is 0 Å². The average Bonchev–Trinajstić information content (AvgIpc) is 2.20. The van der Waals surface area contributed by atoms with Gasteiger partial charge in [0, 0.05) is 18.6 Å². The Hall–Kier alpha value is -0.600. The fourth-order valence-electron chi connectivity index (χ4n) is 1.24. The van der Waals surface area contributed by atoms with Crippen molar-refractivity contribution in [2.24, 2.45) is 5.92 Å². The van der Waals surface area contributed by atoms with Crippen molar-refractivity contribution in [1.82, 2.24) is 10.3 Å². The summed E-state index contributed by atoms with van der Waals surface area (Å²) in [6, 6.07) is 5.96. The maximum Gasteiger partial charge on any atom is 0.0541 e. The predicted octanol–water partition coefficient (Wildman–Crippen LogP) is 2.44. The summed E-state index contributed by atoms with van der Waals surface area (Å²) in [6.07, 6.45) is 2.88. The summed E-state index contributed by atoms with van der Waals surface area (Å²) in [5.41, 5.74) is 1.09. The van der Waals surface area contributed by atoms with Crippen molar-refractivity contribution in [3.63, 3.8) is 0 Å². The van der Waals surface area contributed by atoms with Gasteiger partial charge in [0.2, 0.25) is 0 Å². The normalized spacial score (nSPS) is 12.7. The van der Waals surface area contributed by atoms with Gasteiger partial charge in [-0.15, -0.1) is 11.6 Å². The molecule has 0 amide bonds. The summed E-state index contributed by atoms with van der Waals surface area (Å²) in [4.78, 5) is 4.23. The third-order valence-corrected chi connectivity index (χ3v) is 2.35. The van der Waals surface area contributed by atoms with E-state index in [4.69, 9.17) is 11.6 Å². The van der Waals surface area contributed by atoms with Crippen LogP contribution in [-0.2, 0) is 6.54 Å². The lowest BCUT2D eigenvalue weighted by atomic mass is 10.1. The molecule has 14 heavy (non-hydrogen) atoms. The highest BCUT2D eigenvalue weighted by molar-refractivity contribution is 6.17. The maximum atomic E-state index is 5.65. The third-order valence-electron chi connectivity index (χ3n) is 2.13. The van der Waals surface area contributed by atoms with Crippen molar-refractivity contribution in [3.05, 3.63) is 30.1 Å². The third kappa shape index (κ3) is 4.58. The van der Waals surface area contributed by atoms with Crippen LogP contribution in [0.4, 0.5) is 0 Å². The molecule has 1 atom stereocenters. The largest absolute Gasteiger partial charge is 0.311 e. The number of rotatable bonds is 6. The molecule has 78 valence electrons. The lowest BCUT2D eigenvalue weighted by Crippen LogP contribution is -2.21. The SMILES string of the molecule is CC(CCCl)CNCc1ccccn1. The van der Waals surface area contributed by atoms with Crippen LogP contribution < -0.4 is 5.32 Å². The molecule has 1 rings (SSSR count). The zero-order chi connectivity index (χ0) is 10.2. The molecule has 1 aromatic heterocycles. The maximum absolute atomic E-state index is 5.65. The van der Waals surface area contributed by atoms with Gasteiger partial charge in [-0.1, -0.05) is 13.0 Å². The van der Waals surface area contributed by atoms with Gasteiger partial charge in [-0.3, -0.25) is 4.98 Å². The Kier molecular flexibility index (Phi) is 5.57. The van der Waals surface area contributed by atoms with E-state index in [9.17, 15) is 0 Å². The number of hydrogen-bond acceptors (Lipinski definition) is 2. The molecule has 3 heteroatoms. The number of alkyl halides is 1. The van der Waals surface area contributed by atoms with E-state index < -0.39 is 0 Å². The summed E-state index contributed by atoms with van der Waals surface area (Å²) < 4.78 is 0. The van der Waals surface area contributed by atoms with Gasteiger partial charge in [-0.2, -0.15) is 0 Å². The molecule has 1 unspecified atom stereocenters. The molecule has 0 aromatic carbocycles. The number of halogens is 1. The molecule has 0 aliphatic heterocycles. The first-order valence-corrected chi connectivity index (χ1v) is 5.53. The van der Waals surface area contributed by atoms with Crippen LogP contribution in [0.1, 0.15) is 19.0 Å². The predicted molar refractivity (Wildman–Crippen MR) is 60.4 cm³/mol. The first kappa shape index (κ1) is 11.5. The summed E-state index contributed by atoms with van der Waals surface area (Å²) in [7, 11) is 0. The minimum atomic E-state index is 0.635. The zero-order valence-corrected chi connectivity index (χ0v) is 9.30. The molecule has 0 fully saturated rings. The Balaban J connectivity index is 2.16. The van der Waals surface area contributed by atoms with Crippen LogP contribution in [0.15, 0.2) is 24.4 Å². The van der Waals surface area contributed by atoms with Crippen LogP contribution in [0.5, 0.6) is 0 Å². The highest BCUT2D eigenvalue weighted by Crippen LogP contribution is 2.01. The standard InChI is InChI=1S/C11H17ClN2/c1-10(5-6-12)8-13-9-11-4-2-3-7-14-11/h2-4,7,10,13H,5-6,8-9H2,1H3. The van der Waals surface area contributed by atoms with E-state index >= 15 is 0 Å². The molecule has 0 saturated carbocycles. The van der Waals surface area contributed by atoms with Crippen molar-refractivity contribution >= 4 is 11.6 Å². The van der Waals surface area contributed by atoms with Gasteiger partial charge in [0.15, 0.2) is 0 Å². The van der Waals surface area contributed by atoms with E-state index in [-0.39, 0.29) is 0 Å². The first-order chi connectivity index (χ1) is 6.83. The molecule has 0 radical (unpaired) electrons. The van der Waals surface area contributed by atoms with Gasteiger partial charge in [-0.25, -0.2) is 0 Å². The van der Waals surface area contributed by atoms with Crippen molar-refractivity contribution in [2.75, 3.05) is 12.4 Å². The smallest absolute Gasteiger partial charge is 0.0541 e. The monoisotopic (exact) mass is 212 g/mol. The number of nitrogens with zero attached hydrogens (tertiary/aromatic N) is 1. The second-order valence-electron chi connectivity index (χ2n) is 3.53. The molecule has 1 N–H and O–H groups in total. The van der Waals surface area contributed by atoms with Crippen LogP contribution in [0.3, 0.4) is 0 Å². The average molecular weight is 213 g/mol. The minimum Gasteiger partial charge on any atom is -0.311 e. The van der Waals surface area contributed by atoms with Crippen molar-refractivity contribution in [2.45, 2.75) is 19.9 Å². The Morgan fingerprint density at radius 2 is 2.36 bits per heavy atom. The molecule has 1 aromatic rings. The highest BCUT2D eigenvalue weighted by Gasteiger charge is 2.00. The summed E-state index contributed by atoms with van der Waals surface area (Å²) in [5, 5.41) is 3.37. The Morgan fingerprint density at radius 1 is 1.50 bits per heavy atom. The van der Waals surface area contributed by atoms with E-state index in [2.05, 4.69) is 17.2 Å². The van der Waals surface area contributed by atoms with Crippen LogP contribution in [0, 0.1) is 5.92 Å². The van der Waals surface area contributed by atoms with E-state index in [0.29, 0.717) is 5.92 Å². The summed E-state index contributed by atoms with van der Waals surface area (Å²) >= 11 is 5.65. The fraction of sp³-hybridized carbons (Fsp3) is 0.545. The second-order valence-corrected chi connectivity index (χ2v) is 3.91. The quantitative estimate of drug-likeness (QED) is 0.733. The van der Waals surface area contributed by atoms with E-state index in [1.807, 2.05) is 24.4 Å². The van der Waals surface area contributed by atoms with E-state index in [0.717, 1.165) is 31.1 Å². The van der Waals surface area contributed by atoms with Gasteiger partial charge in [0.25, 0.3) is 0 Å². The van der Waals surface area contributed by atoms with Gasteiger partial charge in [-0.05, 0) is 31.0 Å². The van der Waals surface area contributed by atoms with E-state index in [1.165, 1.54) is 0 Å². The molecule has 0 aliphatic carbocycles. The van der Waals surface area contributed by atoms with Crippen molar-refractivity contribution in [3.8, 4) is 0 Å². The van der Waals surface area contributed by atoms with Crippen molar-refractivity contribution < 1.29 is 0 Å². The van der Waals surface area contributed by atoms with E-state index in [1.54, 1.807) is 0 Å². The van der Waals surface area contributed by atoms with Crippen molar-refractivity contribution in [1.29, 1.82) is 0 Å². The van der Waals surface area contributed by atoms with Crippen LogP contribution in [0.2, 0.25) is 0 Å². The van der Waals surface area contributed by atoms with Crippen LogP contribution in [0.25, 0.3) is 0 Å². The van der Waals surface area contributed by atoms with Crippen LogP contribution >= 0.6 is 11.6 Å². The first-order valence-electron chi connectivity index (χ1n) is 4.99. The molecule has 1 heterocycles. The van der Waals surface area contributed by atoms with Gasteiger partial charge < -0.3 is 5.32 Å². The zero-order valence-electron chi connectivity index (χ0n) is 8.54. The highest BCUT2D eigenvalue weighted by atomic mass is 35.5. The van der Waals surface area contributed by atoms with Gasteiger partial charge in [0.1, 0.15) is 0 Å². The lowest BCUT2D eigenvalue weighted by molar-refractivity contribution is 0.499. The van der Waals surface area contributed by atoms with Crippen LogP contribution in [-0.4, -0.2) is 17.4 Å². The molecule has 0 bridgehead atoms. The lowest BCUT2D eigenvalue weighted by Gasteiger charge is -2.10. The molecule has 2 nitrogen and oxygen atoms in total. The molecular formula is C11H17ClN2. The topological polar surface area (TPSA) is 24.9 Å². The van der Waals surface area contributed by atoms with Gasteiger partial charge in [0.05, 0.1) is 5.69 Å². The minimum absolute atomic E-state index is 0.635. The Labute approximate surface area is 90.7 Å². The molecule has 0 aliphatic rings. The fourth-order valence-corrected chi connectivity index (χ4v) is 1.61. The number of pyridine rings is 1. The number of aromatic nitrogens is 1. The molecule has 0 saturated heterocycles. The molecule has 0 spiro atoms. The summed E-state index contributed by atoms with van der Waals surface area (Å²) in [6.45, 7) is 4.05. The Morgan fingerprint density at radius 3 is 3.00 bits per heavy atom. The molecular weight excluding hydrogens is 196 g/mol. The number of hydrogen-bond donors (Lipinski definition) is 1. The second kappa shape index (κ2) is 6.80. The number of nitrogens with one attached hydrogen (secondary N) is 1. The summed E-state index contributed by atoms with van der Waals surface area (Å²) in [5.74, 6) is 1.38.